The quantitative estimate of drug-likeness (QED) is 0.525. The molecule has 0 aromatic heterocycles. The minimum absolute atomic E-state index is 0.595. The Morgan fingerprint density at radius 1 is 0.667 bits per heavy atom. The molecule has 0 aromatic rings. The average molecular weight is 358 g/mol. The van der Waals surface area contributed by atoms with E-state index in [4.69, 9.17) is 10.9 Å². The van der Waals surface area contributed by atoms with Crippen LogP contribution in [0.5, 0.6) is 0 Å². The first-order valence-corrected chi connectivity index (χ1v) is 13.7. The summed E-state index contributed by atoms with van der Waals surface area (Å²) < 4.78 is 24.0. The molecule has 0 amide bonds. The van der Waals surface area contributed by atoms with Crippen LogP contribution in [-0.2, 0) is 33.0 Å². The van der Waals surface area contributed by atoms with Crippen molar-refractivity contribution in [3.63, 3.8) is 0 Å². The third-order valence-corrected chi connectivity index (χ3v) is 17.6. The van der Waals surface area contributed by atoms with Crippen molar-refractivity contribution < 1.29 is 33.0 Å². The summed E-state index contributed by atoms with van der Waals surface area (Å²) in [4.78, 5) is 0. The molecular formula is C12H30O4SiZr. The summed E-state index contributed by atoms with van der Waals surface area (Å²) in [5.74, 6) is 0. The summed E-state index contributed by atoms with van der Waals surface area (Å²) in [5.41, 5.74) is 0. The molecule has 0 aromatic carbocycles. The maximum atomic E-state index is 6.48. The fourth-order valence-corrected chi connectivity index (χ4v) is 16.2. The van der Waals surface area contributed by atoms with E-state index in [0.717, 1.165) is 18.1 Å². The molecule has 18 heavy (non-hydrogen) atoms. The van der Waals surface area contributed by atoms with E-state index < -0.39 is 30.3 Å². The molecule has 0 bridgehead atoms. The van der Waals surface area contributed by atoms with Crippen LogP contribution in [0, 0.1) is 0 Å². The molecule has 0 N–H and O–H groups in total. The zero-order chi connectivity index (χ0) is 14.1. The van der Waals surface area contributed by atoms with E-state index >= 15 is 0 Å². The van der Waals surface area contributed by atoms with Gasteiger partial charge in [0.1, 0.15) is 0 Å². The molecule has 0 radical (unpaired) electrons. The van der Waals surface area contributed by atoms with Crippen LogP contribution in [0.25, 0.3) is 0 Å². The van der Waals surface area contributed by atoms with Crippen molar-refractivity contribution in [1.29, 1.82) is 0 Å². The van der Waals surface area contributed by atoms with Crippen LogP contribution < -0.4 is 0 Å². The van der Waals surface area contributed by atoms with E-state index in [1.54, 1.807) is 0 Å². The van der Waals surface area contributed by atoms with Crippen LogP contribution in [0.1, 0.15) is 41.5 Å². The Morgan fingerprint density at radius 2 is 1.00 bits per heavy atom. The van der Waals surface area contributed by atoms with Crippen LogP contribution >= 0.6 is 0 Å². The summed E-state index contributed by atoms with van der Waals surface area (Å²) >= 11 is -3.77. The fraction of sp³-hybridized carbons (Fsp3) is 1.00. The Balaban J connectivity index is 5.02. The van der Waals surface area contributed by atoms with Crippen molar-refractivity contribution in [2.75, 3.05) is 19.8 Å². The molecule has 0 fully saturated rings. The van der Waals surface area contributed by atoms with E-state index in [-0.39, 0.29) is 0 Å². The summed E-state index contributed by atoms with van der Waals surface area (Å²) in [6, 6.07) is 3.27. The monoisotopic (exact) mass is 356 g/mol. The number of rotatable bonds is 11. The Morgan fingerprint density at radius 3 is 1.22 bits per heavy atom. The van der Waals surface area contributed by atoms with Gasteiger partial charge in [-0.05, 0) is 0 Å². The van der Waals surface area contributed by atoms with Crippen LogP contribution in [0.3, 0.4) is 0 Å². The molecule has 4 nitrogen and oxygen atoms in total. The van der Waals surface area contributed by atoms with Crippen molar-refractivity contribution in [2.24, 2.45) is 0 Å². The van der Waals surface area contributed by atoms with Crippen LogP contribution in [0.2, 0.25) is 18.1 Å². The van der Waals surface area contributed by atoms with Gasteiger partial charge >= 0.3 is 121 Å². The summed E-state index contributed by atoms with van der Waals surface area (Å²) in [6.07, 6.45) is 0. The molecule has 0 rings (SSSR count). The van der Waals surface area contributed by atoms with Gasteiger partial charge in [-0.3, -0.25) is 0 Å². The Kier molecular flexibility index (Phi) is 10.3. The van der Waals surface area contributed by atoms with Crippen LogP contribution in [0.15, 0.2) is 0 Å². The number of hydrogen-bond acceptors (Lipinski definition) is 4. The molecule has 6 heteroatoms. The van der Waals surface area contributed by atoms with E-state index in [1.165, 1.54) is 0 Å². The standard InChI is InChI=1S/C6H15OSi.3C2H5O.Zr/c1-4-8(7,5-2)6-3;3*1-2-3;/h4-6H2,1-3H3;3*2H2,1H3;/q4*-1;+4. The van der Waals surface area contributed by atoms with Crippen molar-refractivity contribution >= 4 is 8.32 Å². The Labute approximate surface area is 120 Å². The summed E-state index contributed by atoms with van der Waals surface area (Å²) in [6.45, 7) is 14.3. The topological polar surface area (TPSA) is 36.9 Å². The molecule has 0 spiro atoms. The van der Waals surface area contributed by atoms with E-state index in [2.05, 4.69) is 20.8 Å². The molecule has 0 aliphatic rings. The van der Waals surface area contributed by atoms with Gasteiger partial charge in [0.25, 0.3) is 0 Å². The molecule has 0 saturated carbocycles. The average Bonchev–Trinajstić information content (AvgIpc) is 2.37. The molecular weight excluding hydrogens is 327 g/mol. The zero-order valence-electron chi connectivity index (χ0n) is 12.9. The van der Waals surface area contributed by atoms with Crippen LogP contribution in [0.4, 0.5) is 0 Å². The zero-order valence-corrected chi connectivity index (χ0v) is 16.3. The van der Waals surface area contributed by atoms with Gasteiger partial charge in [-0.25, -0.2) is 0 Å². The second kappa shape index (κ2) is 9.78. The van der Waals surface area contributed by atoms with Gasteiger partial charge in [-0.1, -0.05) is 0 Å². The van der Waals surface area contributed by atoms with Gasteiger partial charge in [0.15, 0.2) is 0 Å². The second-order valence-corrected chi connectivity index (χ2v) is 14.9. The van der Waals surface area contributed by atoms with Crippen molar-refractivity contribution in [3.8, 4) is 0 Å². The molecule has 0 aliphatic carbocycles. The maximum absolute atomic E-state index is 6.48. The van der Waals surface area contributed by atoms with E-state index in [1.807, 2.05) is 20.8 Å². The molecule has 0 heterocycles. The minimum atomic E-state index is -3.77. The molecule has 0 unspecified atom stereocenters. The van der Waals surface area contributed by atoms with E-state index in [0.29, 0.717) is 19.8 Å². The predicted molar refractivity (Wildman–Crippen MR) is 73.2 cm³/mol. The van der Waals surface area contributed by atoms with Gasteiger partial charge in [0, 0.05) is 0 Å². The first-order valence-electron chi connectivity index (χ1n) is 7.19. The Bertz CT molecular complexity index is 187. The summed E-state index contributed by atoms with van der Waals surface area (Å²) in [7, 11) is -1.75. The predicted octanol–water partition coefficient (Wildman–Crippen LogP) is 3.93. The third-order valence-electron chi connectivity index (χ3n) is 3.24. The first-order chi connectivity index (χ1) is 8.57. The third kappa shape index (κ3) is 5.51. The van der Waals surface area contributed by atoms with Gasteiger partial charge < -0.3 is 0 Å². The van der Waals surface area contributed by atoms with E-state index in [9.17, 15) is 0 Å². The van der Waals surface area contributed by atoms with Crippen molar-refractivity contribution in [1.82, 2.24) is 0 Å². The fourth-order valence-electron chi connectivity index (χ4n) is 1.98. The molecule has 0 atom stereocenters. The first kappa shape index (κ1) is 18.9. The SMILES string of the molecule is CC[O][Zr]([O]CC)([O]CC)[O][Si](CC)(CC)CC. The van der Waals surface area contributed by atoms with Gasteiger partial charge in [-0.15, -0.1) is 0 Å². The normalized spacial score (nSPS) is 13.0. The van der Waals surface area contributed by atoms with Gasteiger partial charge in [0.2, 0.25) is 0 Å². The van der Waals surface area contributed by atoms with Crippen molar-refractivity contribution in [2.45, 2.75) is 59.7 Å². The number of hydrogen-bond donors (Lipinski definition) is 0. The second-order valence-electron chi connectivity index (χ2n) is 4.14. The molecule has 0 aliphatic heterocycles. The van der Waals surface area contributed by atoms with Crippen LogP contribution in [-0.4, -0.2) is 28.1 Å². The van der Waals surface area contributed by atoms with Gasteiger partial charge in [0.05, 0.1) is 0 Å². The molecule has 0 saturated heterocycles. The van der Waals surface area contributed by atoms with Gasteiger partial charge in [-0.2, -0.15) is 0 Å². The summed E-state index contributed by atoms with van der Waals surface area (Å²) in [5, 5.41) is 0. The Hall–Kier alpha value is 0.940. The molecule has 110 valence electrons. The van der Waals surface area contributed by atoms with Crippen molar-refractivity contribution in [3.05, 3.63) is 0 Å².